The summed E-state index contributed by atoms with van der Waals surface area (Å²) in [5.41, 5.74) is 0. The summed E-state index contributed by atoms with van der Waals surface area (Å²) in [6.45, 7) is 0. The van der Waals surface area contributed by atoms with Crippen LogP contribution >= 0.6 is 0 Å². The smallest absolute Gasteiger partial charge is 0.0412 e. The molecule has 0 aliphatic heterocycles. The van der Waals surface area contributed by atoms with E-state index in [9.17, 15) is 0 Å². The predicted molar refractivity (Wildman–Crippen MR) is 99.3 cm³/mol. The maximum absolute atomic E-state index is 1.58. The molecule has 2 unspecified atom stereocenters. The molecule has 0 amide bonds. The van der Waals surface area contributed by atoms with E-state index in [1.807, 2.05) is 0 Å². The fourth-order valence-corrected chi connectivity index (χ4v) is 4.91. The van der Waals surface area contributed by atoms with Crippen molar-refractivity contribution in [2.24, 2.45) is 11.8 Å². The van der Waals surface area contributed by atoms with Crippen LogP contribution in [0.25, 0.3) is 0 Å². The first-order valence-electron chi connectivity index (χ1n) is 10.9. The molecule has 130 valence electrons. The van der Waals surface area contributed by atoms with Crippen molar-refractivity contribution >= 4 is 0 Å². The lowest BCUT2D eigenvalue weighted by Crippen LogP contribution is -2.15. The summed E-state index contributed by atoms with van der Waals surface area (Å²) in [5.74, 6) is 2.20. The van der Waals surface area contributed by atoms with Crippen LogP contribution in [0.3, 0.4) is 0 Å². The minimum Gasteiger partial charge on any atom is -0.0533 e. The maximum atomic E-state index is 1.58. The Labute approximate surface area is 140 Å². The standard InChI is InChI=1S/C22H42/c1-2-4-6-8-10-12-14-17-22-19-15-18-21(20-22)16-13-11-9-7-5-3-1/h21-22H,1-20H2. The average Bonchev–Trinajstić information content (AvgIpc) is 2.54. The molecule has 0 nitrogen and oxygen atoms in total. The molecule has 0 aromatic carbocycles. The summed E-state index contributed by atoms with van der Waals surface area (Å²) in [6.07, 6.45) is 30.5. The summed E-state index contributed by atoms with van der Waals surface area (Å²) in [5, 5.41) is 0. The molecular formula is C22H42. The van der Waals surface area contributed by atoms with E-state index in [1.54, 1.807) is 32.1 Å². The van der Waals surface area contributed by atoms with Gasteiger partial charge in [-0.2, -0.15) is 0 Å². The van der Waals surface area contributed by atoms with Crippen LogP contribution in [0, 0.1) is 11.8 Å². The van der Waals surface area contributed by atoms with Crippen LogP contribution in [0.4, 0.5) is 0 Å². The zero-order chi connectivity index (χ0) is 15.3. The molecule has 2 atom stereocenters. The second-order valence-corrected chi connectivity index (χ2v) is 8.43. The Kier molecular flexibility index (Phi) is 10.4. The molecule has 22 heavy (non-hydrogen) atoms. The zero-order valence-corrected chi connectivity index (χ0v) is 15.3. The molecule has 0 heteroatoms. The largest absolute Gasteiger partial charge is 0.0533 e. The van der Waals surface area contributed by atoms with Gasteiger partial charge in [-0.05, 0) is 18.3 Å². The Hall–Kier alpha value is 0. The molecule has 0 saturated heterocycles. The molecule has 2 bridgehead atoms. The monoisotopic (exact) mass is 306 g/mol. The van der Waals surface area contributed by atoms with Crippen LogP contribution in [0.1, 0.15) is 128 Å². The second-order valence-electron chi connectivity index (χ2n) is 8.43. The summed E-state index contributed by atoms with van der Waals surface area (Å²) in [4.78, 5) is 0. The molecule has 0 radical (unpaired) electrons. The molecule has 0 spiro atoms. The normalized spacial score (nSPS) is 31.6. The van der Waals surface area contributed by atoms with Crippen molar-refractivity contribution in [3.63, 3.8) is 0 Å². The lowest BCUT2D eigenvalue weighted by atomic mass is 9.77. The Balaban J connectivity index is 1.65. The van der Waals surface area contributed by atoms with Crippen LogP contribution in [-0.2, 0) is 0 Å². The highest BCUT2D eigenvalue weighted by molar-refractivity contribution is 4.73. The Morgan fingerprint density at radius 2 is 0.545 bits per heavy atom. The van der Waals surface area contributed by atoms with Gasteiger partial charge in [-0.3, -0.25) is 0 Å². The summed E-state index contributed by atoms with van der Waals surface area (Å²) in [6, 6.07) is 0. The van der Waals surface area contributed by atoms with Crippen LogP contribution in [0.5, 0.6) is 0 Å². The maximum Gasteiger partial charge on any atom is -0.0412 e. The van der Waals surface area contributed by atoms with Gasteiger partial charge in [0, 0.05) is 0 Å². The van der Waals surface area contributed by atoms with Crippen molar-refractivity contribution in [3.05, 3.63) is 0 Å². The van der Waals surface area contributed by atoms with Gasteiger partial charge in [0.15, 0.2) is 0 Å². The number of hydrogen-bond acceptors (Lipinski definition) is 0. The van der Waals surface area contributed by atoms with E-state index in [1.165, 1.54) is 96.3 Å². The molecule has 2 saturated carbocycles. The zero-order valence-electron chi connectivity index (χ0n) is 15.3. The molecule has 0 N–H and O–H groups in total. The molecule has 0 heterocycles. The summed E-state index contributed by atoms with van der Waals surface area (Å²) < 4.78 is 0. The third-order valence-corrected chi connectivity index (χ3v) is 6.37. The molecule has 2 aliphatic rings. The lowest BCUT2D eigenvalue weighted by molar-refractivity contribution is 0.235. The quantitative estimate of drug-likeness (QED) is 0.424. The highest BCUT2D eigenvalue weighted by atomic mass is 14.3. The minimum atomic E-state index is 1.10. The van der Waals surface area contributed by atoms with Gasteiger partial charge in [0.2, 0.25) is 0 Å². The molecule has 2 aliphatic carbocycles. The number of hydrogen-bond donors (Lipinski definition) is 0. The molecule has 2 fully saturated rings. The van der Waals surface area contributed by atoms with Gasteiger partial charge in [-0.15, -0.1) is 0 Å². The van der Waals surface area contributed by atoms with Crippen LogP contribution < -0.4 is 0 Å². The van der Waals surface area contributed by atoms with E-state index in [2.05, 4.69) is 0 Å². The number of rotatable bonds is 0. The third-order valence-electron chi connectivity index (χ3n) is 6.37. The van der Waals surface area contributed by atoms with Crippen molar-refractivity contribution < 1.29 is 0 Å². The summed E-state index contributed by atoms with van der Waals surface area (Å²) >= 11 is 0. The van der Waals surface area contributed by atoms with Gasteiger partial charge in [0.05, 0.1) is 0 Å². The Morgan fingerprint density at radius 3 is 0.909 bits per heavy atom. The summed E-state index contributed by atoms with van der Waals surface area (Å²) in [7, 11) is 0. The van der Waals surface area contributed by atoms with Crippen molar-refractivity contribution in [2.45, 2.75) is 128 Å². The van der Waals surface area contributed by atoms with E-state index in [0.29, 0.717) is 0 Å². The highest BCUT2D eigenvalue weighted by Gasteiger charge is 2.21. The molecule has 0 aromatic rings. The van der Waals surface area contributed by atoms with Gasteiger partial charge in [-0.1, -0.05) is 122 Å². The van der Waals surface area contributed by atoms with Crippen molar-refractivity contribution in [3.8, 4) is 0 Å². The lowest BCUT2D eigenvalue weighted by Gasteiger charge is -2.29. The van der Waals surface area contributed by atoms with Crippen LogP contribution in [0.15, 0.2) is 0 Å². The Bertz CT molecular complexity index is 220. The van der Waals surface area contributed by atoms with E-state index in [4.69, 9.17) is 0 Å². The van der Waals surface area contributed by atoms with Crippen LogP contribution in [-0.4, -0.2) is 0 Å². The predicted octanol–water partition coefficient (Wildman–Crippen LogP) is 8.05. The molecular weight excluding hydrogens is 264 g/mol. The average molecular weight is 307 g/mol. The minimum absolute atomic E-state index is 1.10. The van der Waals surface area contributed by atoms with Gasteiger partial charge in [0.25, 0.3) is 0 Å². The highest BCUT2D eigenvalue weighted by Crippen LogP contribution is 2.35. The first-order valence-corrected chi connectivity index (χ1v) is 10.9. The third kappa shape index (κ3) is 8.59. The van der Waals surface area contributed by atoms with Crippen molar-refractivity contribution in [2.75, 3.05) is 0 Å². The number of fused-ring (bicyclic) bond motifs is 2. The fourth-order valence-electron chi connectivity index (χ4n) is 4.91. The topological polar surface area (TPSA) is 0 Å². The SMILES string of the molecule is C1CCCCCCCCC2CCCC(CCCCCCC1)C2. The molecule has 0 aromatic heterocycles. The molecule has 2 rings (SSSR count). The second kappa shape index (κ2) is 12.4. The van der Waals surface area contributed by atoms with Gasteiger partial charge >= 0.3 is 0 Å². The van der Waals surface area contributed by atoms with E-state index < -0.39 is 0 Å². The van der Waals surface area contributed by atoms with Gasteiger partial charge in [0.1, 0.15) is 0 Å². The van der Waals surface area contributed by atoms with E-state index >= 15 is 0 Å². The Morgan fingerprint density at radius 1 is 0.273 bits per heavy atom. The van der Waals surface area contributed by atoms with Gasteiger partial charge < -0.3 is 0 Å². The van der Waals surface area contributed by atoms with E-state index in [-0.39, 0.29) is 0 Å². The van der Waals surface area contributed by atoms with Crippen LogP contribution in [0.2, 0.25) is 0 Å². The van der Waals surface area contributed by atoms with Crippen molar-refractivity contribution in [1.82, 2.24) is 0 Å². The first kappa shape index (κ1) is 18.3. The first-order chi connectivity index (χ1) is 10.9. The van der Waals surface area contributed by atoms with Crippen molar-refractivity contribution in [1.29, 1.82) is 0 Å². The fraction of sp³-hybridized carbons (Fsp3) is 1.00. The van der Waals surface area contributed by atoms with E-state index in [0.717, 1.165) is 11.8 Å². The van der Waals surface area contributed by atoms with Gasteiger partial charge in [-0.25, -0.2) is 0 Å².